The third kappa shape index (κ3) is 5.04. The maximum Gasteiger partial charge on any atom is 0.234 e. The SMILES string of the molecule is COc1cc2c(cc1OC)C(CC(=O)[O-])N(CC(=O)NCc1ccccc1Cl)CC2. The van der Waals surface area contributed by atoms with Crippen LogP contribution in [0.4, 0.5) is 0 Å². The Morgan fingerprint density at radius 1 is 1.20 bits per heavy atom. The molecule has 1 amide bonds. The Balaban J connectivity index is 1.76. The van der Waals surface area contributed by atoms with Crippen molar-refractivity contribution < 1.29 is 24.2 Å². The summed E-state index contributed by atoms with van der Waals surface area (Å²) in [5.74, 6) is -0.273. The topological polar surface area (TPSA) is 90.9 Å². The number of amides is 1. The first-order valence-corrected chi connectivity index (χ1v) is 9.99. The van der Waals surface area contributed by atoms with Crippen LogP contribution in [0.5, 0.6) is 11.5 Å². The van der Waals surface area contributed by atoms with Gasteiger partial charge >= 0.3 is 0 Å². The van der Waals surface area contributed by atoms with E-state index in [1.165, 1.54) is 7.11 Å². The minimum Gasteiger partial charge on any atom is -0.550 e. The van der Waals surface area contributed by atoms with E-state index in [1.807, 2.05) is 29.2 Å². The van der Waals surface area contributed by atoms with Crippen molar-refractivity contribution in [2.24, 2.45) is 0 Å². The fraction of sp³-hybridized carbons (Fsp3) is 0.364. The van der Waals surface area contributed by atoms with E-state index in [2.05, 4.69) is 5.32 Å². The molecule has 0 fully saturated rings. The van der Waals surface area contributed by atoms with Crippen molar-refractivity contribution in [3.63, 3.8) is 0 Å². The Morgan fingerprint density at radius 3 is 2.57 bits per heavy atom. The van der Waals surface area contributed by atoms with Crippen LogP contribution in [0.2, 0.25) is 5.02 Å². The molecule has 0 radical (unpaired) electrons. The van der Waals surface area contributed by atoms with Gasteiger partial charge in [0.25, 0.3) is 0 Å². The fourth-order valence-corrected chi connectivity index (χ4v) is 3.94. The number of benzene rings is 2. The number of carboxylic acids is 1. The number of fused-ring (bicyclic) bond motifs is 1. The predicted molar refractivity (Wildman–Crippen MR) is 110 cm³/mol. The van der Waals surface area contributed by atoms with Gasteiger partial charge < -0.3 is 24.7 Å². The minimum absolute atomic E-state index is 0.0657. The first kappa shape index (κ1) is 21.9. The number of carbonyl (C=O) groups excluding carboxylic acids is 2. The highest BCUT2D eigenvalue weighted by molar-refractivity contribution is 6.31. The number of carbonyl (C=O) groups is 2. The van der Waals surface area contributed by atoms with Gasteiger partial charge in [-0.05, 0) is 41.3 Å². The lowest BCUT2D eigenvalue weighted by Crippen LogP contribution is -2.44. The summed E-state index contributed by atoms with van der Waals surface area (Å²) in [4.78, 5) is 25.8. The zero-order chi connectivity index (χ0) is 21.7. The van der Waals surface area contributed by atoms with Crippen molar-refractivity contribution in [1.82, 2.24) is 10.2 Å². The molecule has 1 atom stereocenters. The lowest BCUT2D eigenvalue weighted by molar-refractivity contribution is -0.307. The summed E-state index contributed by atoms with van der Waals surface area (Å²) < 4.78 is 10.7. The molecule has 0 bridgehead atoms. The van der Waals surface area contributed by atoms with Crippen LogP contribution in [0.1, 0.15) is 29.2 Å². The summed E-state index contributed by atoms with van der Waals surface area (Å²) in [5.41, 5.74) is 2.60. The van der Waals surface area contributed by atoms with Crippen molar-refractivity contribution in [1.29, 1.82) is 0 Å². The smallest absolute Gasteiger partial charge is 0.234 e. The summed E-state index contributed by atoms with van der Waals surface area (Å²) in [5, 5.41) is 14.9. The Hall–Kier alpha value is -2.77. The lowest BCUT2D eigenvalue weighted by atomic mass is 9.90. The van der Waals surface area contributed by atoms with Crippen molar-refractivity contribution in [3.8, 4) is 11.5 Å². The maximum atomic E-state index is 12.6. The number of methoxy groups -OCH3 is 2. The van der Waals surface area contributed by atoms with E-state index >= 15 is 0 Å². The fourth-order valence-electron chi connectivity index (χ4n) is 3.74. The van der Waals surface area contributed by atoms with E-state index in [4.69, 9.17) is 21.1 Å². The monoisotopic (exact) mass is 431 g/mol. The molecule has 1 heterocycles. The van der Waals surface area contributed by atoms with Gasteiger partial charge in [-0.1, -0.05) is 29.8 Å². The van der Waals surface area contributed by atoms with Crippen LogP contribution < -0.4 is 19.9 Å². The zero-order valence-electron chi connectivity index (χ0n) is 16.9. The Morgan fingerprint density at radius 2 is 1.90 bits per heavy atom. The molecule has 0 saturated heterocycles. The molecule has 30 heavy (non-hydrogen) atoms. The van der Waals surface area contributed by atoms with Gasteiger partial charge in [0.15, 0.2) is 11.5 Å². The average molecular weight is 432 g/mol. The second-order valence-electron chi connectivity index (χ2n) is 7.09. The van der Waals surface area contributed by atoms with Gasteiger partial charge in [-0.15, -0.1) is 0 Å². The number of nitrogens with zero attached hydrogens (tertiary/aromatic N) is 1. The largest absolute Gasteiger partial charge is 0.550 e. The Labute approximate surface area is 180 Å². The van der Waals surface area contributed by atoms with E-state index in [0.717, 1.165) is 16.7 Å². The third-order valence-electron chi connectivity index (χ3n) is 5.25. The van der Waals surface area contributed by atoms with E-state index in [-0.39, 0.29) is 18.9 Å². The summed E-state index contributed by atoms with van der Waals surface area (Å²) in [6.07, 6.45) is 0.442. The molecule has 1 N–H and O–H groups in total. The number of halogens is 1. The molecule has 8 heteroatoms. The van der Waals surface area contributed by atoms with Gasteiger partial charge in [0.05, 0.1) is 20.8 Å². The van der Waals surface area contributed by atoms with Crippen molar-refractivity contribution >= 4 is 23.5 Å². The third-order valence-corrected chi connectivity index (χ3v) is 5.62. The number of rotatable bonds is 8. The van der Waals surface area contributed by atoms with E-state index < -0.39 is 12.0 Å². The number of carboxylic acid groups (broad SMARTS) is 1. The molecule has 1 unspecified atom stereocenters. The second-order valence-corrected chi connectivity index (χ2v) is 7.49. The van der Waals surface area contributed by atoms with Crippen molar-refractivity contribution in [2.75, 3.05) is 27.3 Å². The minimum atomic E-state index is -1.18. The van der Waals surface area contributed by atoms with Gasteiger partial charge in [-0.25, -0.2) is 0 Å². The molecule has 2 aromatic carbocycles. The number of aliphatic carboxylic acids is 1. The Kier molecular flexibility index (Phi) is 7.18. The molecule has 0 spiro atoms. The van der Waals surface area contributed by atoms with Crippen LogP contribution >= 0.6 is 11.6 Å². The van der Waals surface area contributed by atoms with Crippen LogP contribution in [0.3, 0.4) is 0 Å². The molecule has 0 aromatic heterocycles. The highest BCUT2D eigenvalue weighted by Gasteiger charge is 2.30. The van der Waals surface area contributed by atoms with Crippen LogP contribution in [-0.4, -0.2) is 44.1 Å². The standard InChI is InChI=1S/C22H25ClN2O5/c1-29-19-9-14-7-8-25(18(11-22(27)28)16(14)10-20(19)30-2)13-21(26)24-12-15-5-3-4-6-17(15)23/h3-6,9-10,18H,7-8,11-13H2,1-2H3,(H,24,26)(H,27,28)/p-1. The molecule has 160 valence electrons. The number of hydrogen-bond donors (Lipinski definition) is 1. The molecular weight excluding hydrogens is 408 g/mol. The summed E-state index contributed by atoms with van der Waals surface area (Å²) >= 11 is 6.13. The predicted octanol–water partition coefficient (Wildman–Crippen LogP) is 1.71. The van der Waals surface area contributed by atoms with Gasteiger partial charge in [0.2, 0.25) is 5.91 Å². The normalized spacial score (nSPS) is 15.9. The average Bonchev–Trinajstić information content (AvgIpc) is 2.73. The van der Waals surface area contributed by atoms with Crippen LogP contribution in [0.25, 0.3) is 0 Å². The van der Waals surface area contributed by atoms with Crippen molar-refractivity contribution in [2.45, 2.75) is 25.4 Å². The lowest BCUT2D eigenvalue weighted by Gasteiger charge is -2.37. The first-order chi connectivity index (χ1) is 14.4. The molecule has 3 rings (SSSR count). The molecule has 0 saturated carbocycles. The van der Waals surface area contributed by atoms with Crippen LogP contribution in [-0.2, 0) is 22.6 Å². The maximum absolute atomic E-state index is 12.6. The highest BCUT2D eigenvalue weighted by Crippen LogP contribution is 2.39. The highest BCUT2D eigenvalue weighted by atomic mass is 35.5. The van der Waals surface area contributed by atoms with Gasteiger partial charge in [0.1, 0.15) is 0 Å². The number of ether oxygens (including phenoxy) is 2. The zero-order valence-corrected chi connectivity index (χ0v) is 17.7. The van der Waals surface area contributed by atoms with Crippen LogP contribution in [0, 0.1) is 0 Å². The van der Waals surface area contributed by atoms with Crippen molar-refractivity contribution in [3.05, 3.63) is 58.1 Å². The molecular formula is C22H24ClN2O5-. The molecule has 1 aliphatic rings. The molecule has 0 aliphatic carbocycles. The number of nitrogens with one attached hydrogen (secondary N) is 1. The van der Waals surface area contributed by atoms with Gasteiger partial charge in [0, 0.05) is 36.5 Å². The first-order valence-electron chi connectivity index (χ1n) is 9.61. The molecule has 7 nitrogen and oxygen atoms in total. The summed E-state index contributed by atoms with van der Waals surface area (Å²) in [6, 6.07) is 10.4. The van der Waals surface area contributed by atoms with E-state index in [0.29, 0.717) is 36.0 Å². The molecule has 2 aromatic rings. The second kappa shape index (κ2) is 9.82. The quantitative estimate of drug-likeness (QED) is 0.684. The molecule has 1 aliphatic heterocycles. The summed E-state index contributed by atoms with van der Waals surface area (Å²) in [7, 11) is 3.09. The summed E-state index contributed by atoms with van der Waals surface area (Å²) in [6.45, 7) is 0.912. The Bertz CT molecular complexity index is 934. The van der Waals surface area contributed by atoms with Crippen LogP contribution in [0.15, 0.2) is 36.4 Å². The van der Waals surface area contributed by atoms with E-state index in [9.17, 15) is 14.7 Å². The van der Waals surface area contributed by atoms with E-state index in [1.54, 1.807) is 19.2 Å². The van der Waals surface area contributed by atoms with Gasteiger partial charge in [-0.2, -0.15) is 0 Å². The number of hydrogen-bond acceptors (Lipinski definition) is 6. The van der Waals surface area contributed by atoms with Gasteiger partial charge in [-0.3, -0.25) is 9.69 Å².